The summed E-state index contributed by atoms with van der Waals surface area (Å²) in [4.78, 5) is 16.1. The van der Waals surface area contributed by atoms with Crippen molar-refractivity contribution in [3.63, 3.8) is 0 Å². The number of hydrogen-bond acceptors (Lipinski definition) is 5. The zero-order chi connectivity index (χ0) is 13.7. The van der Waals surface area contributed by atoms with Crippen molar-refractivity contribution < 1.29 is 14.1 Å². The van der Waals surface area contributed by atoms with Gasteiger partial charge in [0.1, 0.15) is 5.56 Å². The lowest BCUT2D eigenvalue weighted by atomic mass is 10.1. The zero-order valence-corrected chi connectivity index (χ0v) is 10.8. The largest absolute Gasteiger partial charge is 0.383 e. The third-order valence-corrected chi connectivity index (χ3v) is 2.61. The van der Waals surface area contributed by atoms with Crippen molar-refractivity contribution in [2.45, 2.75) is 6.92 Å². The molecule has 0 saturated carbocycles. The fraction of sp³-hybridized carbons (Fsp3) is 0.308. The molecule has 0 unspecified atom stereocenters. The lowest BCUT2D eigenvalue weighted by molar-refractivity contribution is 0.0937. The summed E-state index contributed by atoms with van der Waals surface area (Å²) in [5.41, 5.74) is 1.71. The summed E-state index contributed by atoms with van der Waals surface area (Å²) in [6.07, 6.45) is 3.29. The van der Waals surface area contributed by atoms with E-state index in [-0.39, 0.29) is 5.91 Å². The zero-order valence-electron chi connectivity index (χ0n) is 10.8. The van der Waals surface area contributed by atoms with E-state index in [4.69, 9.17) is 9.26 Å². The van der Waals surface area contributed by atoms with Crippen LogP contribution in [0.5, 0.6) is 0 Å². The molecule has 19 heavy (non-hydrogen) atoms. The topological polar surface area (TPSA) is 77.2 Å². The van der Waals surface area contributed by atoms with Gasteiger partial charge in [0.2, 0.25) is 0 Å². The molecule has 6 nitrogen and oxygen atoms in total. The van der Waals surface area contributed by atoms with Crippen molar-refractivity contribution in [3.05, 3.63) is 35.8 Å². The average Bonchev–Trinajstić information content (AvgIpc) is 2.82. The van der Waals surface area contributed by atoms with Crippen LogP contribution in [-0.4, -0.2) is 36.3 Å². The summed E-state index contributed by atoms with van der Waals surface area (Å²) >= 11 is 0. The lowest BCUT2D eigenvalue weighted by Crippen LogP contribution is -2.27. The van der Waals surface area contributed by atoms with Gasteiger partial charge in [0, 0.05) is 31.6 Å². The van der Waals surface area contributed by atoms with Crippen LogP contribution < -0.4 is 5.32 Å². The molecule has 6 heteroatoms. The fourth-order valence-corrected chi connectivity index (χ4v) is 1.69. The second kappa shape index (κ2) is 6.10. The highest BCUT2D eigenvalue weighted by Crippen LogP contribution is 2.25. The number of aryl methyl sites for hydroxylation is 1. The van der Waals surface area contributed by atoms with E-state index in [1.54, 1.807) is 32.5 Å². The molecule has 0 aliphatic carbocycles. The van der Waals surface area contributed by atoms with Crippen LogP contribution in [0.1, 0.15) is 16.1 Å². The Bertz CT molecular complexity index is 552. The maximum Gasteiger partial charge on any atom is 0.257 e. The van der Waals surface area contributed by atoms with E-state index in [9.17, 15) is 4.79 Å². The Hall–Kier alpha value is -2.21. The van der Waals surface area contributed by atoms with Gasteiger partial charge in [-0.05, 0) is 19.1 Å². The number of ether oxygens (including phenoxy) is 1. The molecule has 0 radical (unpaired) electrons. The first kappa shape index (κ1) is 13.2. The number of carbonyl (C=O) groups excluding carboxylic acids is 1. The van der Waals surface area contributed by atoms with Crippen LogP contribution in [-0.2, 0) is 4.74 Å². The summed E-state index contributed by atoms with van der Waals surface area (Å²) < 4.78 is 10.1. The number of methoxy groups -OCH3 is 1. The number of carbonyl (C=O) groups is 1. The van der Waals surface area contributed by atoms with Crippen molar-refractivity contribution in [3.8, 4) is 11.3 Å². The van der Waals surface area contributed by atoms with Crippen LogP contribution >= 0.6 is 0 Å². The molecular formula is C13H15N3O3. The minimum atomic E-state index is -0.227. The molecule has 0 aromatic carbocycles. The second-order valence-electron chi connectivity index (χ2n) is 3.96. The van der Waals surface area contributed by atoms with E-state index >= 15 is 0 Å². The monoisotopic (exact) mass is 261 g/mol. The van der Waals surface area contributed by atoms with Gasteiger partial charge >= 0.3 is 0 Å². The van der Waals surface area contributed by atoms with Crippen LogP contribution in [0.4, 0.5) is 0 Å². The first-order valence-electron chi connectivity index (χ1n) is 5.88. The standard InChI is InChI=1S/C13H15N3O3/c1-9-11(13(17)15-6-7-18-2)12(19-16-9)10-4-3-5-14-8-10/h3-5,8H,6-7H2,1-2H3,(H,15,17). The number of nitrogens with one attached hydrogen (secondary N) is 1. The number of amides is 1. The van der Waals surface area contributed by atoms with Crippen LogP contribution in [0.15, 0.2) is 29.0 Å². The highest BCUT2D eigenvalue weighted by Gasteiger charge is 2.21. The van der Waals surface area contributed by atoms with Gasteiger partial charge in [-0.2, -0.15) is 0 Å². The quantitative estimate of drug-likeness (QED) is 0.824. The predicted octanol–water partition coefficient (Wildman–Crippen LogP) is 1.42. The second-order valence-corrected chi connectivity index (χ2v) is 3.96. The molecule has 0 bridgehead atoms. The Labute approximate surface area is 110 Å². The van der Waals surface area contributed by atoms with Gasteiger partial charge in [-0.1, -0.05) is 5.16 Å². The van der Waals surface area contributed by atoms with Crippen LogP contribution in [0.3, 0.4) is 0 Å². The number of rotatable bonds is 5. The Morgan fingerprint density at radius 3 is 3.05 bits per heavy atom. The van der Waals surface area contributed by atoms with E-state index < -0.39 is 0 Å². The van der Waals surface area contributed by atoms with Gasteiger partial charge in [-0.3, -0.25) is 9.78 Å². The van der Waals surface area contributed by atoms with Crippen molar-refractivity contribution >= 4 is 5.91 Å². The third kappa shape index (κ3) is 2.97. The third-order valence-electron chi connectivity index (χ3n) is 2.61. The Balaban J connectivity index is 2.25. The highest BCUT2D eigenvalue weighted by atomic mass is 16.5. The molecule has 2 rings (SSSR count). The molecule has 0 saturated heterocycles. The van der Waals surface area contributed by atoms with Gasteiger partial charge in [0.25, 0.3) is 5.91 Å². The minimum absolute atomic E-state index is 0.227. The minimum Gasteiger partial charge on any atom is -0.383 e. The number of aromatic nitrogens is 2. The summed E-state index contributed by atoms with van der Waals surface area (Å²) in [5, 5.41) is 6.60. The first-order chi connectivity index (χ1) is 9.24. The van der Waals surface area contributed by atoms with Crippen molar-refractivity contribution in [2.75, 3.05) is 20.3 Å². The number of pyridine rings is 1. The Kier molecular flexibility index (Phi) is 4.25. The summed E-state index contributed by atoms with van der Waals surface area (Å²) in [6, 6.07) is 3.60. The van der Waals surface area contributed by atoms with E-state index in [2.05, 4.69) is 15.5 Å². The maximum atomic E-state index is 12.1. The summed E-state index contributed by atoms with van der Waals surface area (Å²) in [7, 11) is 1.58. The molecule has 0 aliphatic rings. The SMILES string of the molecule is COCCNC(=O)c1c(C)noc1-c1cccnc1. The smallest absolute Gasteiger partial charge is 0.257 e. The van der Waals surface area contributed by atoms with Gasteiger partial charge in [-0.25, -0.2) is 0 Å². The Morgan fingerprint density at radius 1 is 1.53 bits per heavy atom. The molecule has 1 N–H and O–H groups in total. The Morgan fingerprint density at radius 2 is 2.37 bits per heavy atom. The van der Waals surface area contributed by atoms with Crippen LogP contribution in [0, 0.1) is 6.92 Å². The van der Waals surface area contributed by atoms with E-state index in [0.717, 1.165) is 5.56 Å². The maximum absolute atomic E-state index is 12.1. The van der Waals surface area contributed by atoms with Gasteiger partial charge in [0.15, 0.2) is 5.76 Å². The molecule has 2 heterocycles. The summed E-state index contributed by atoms with van der Waals surface area (Å²) in [5.74, 6) is 0.204. The fourth-order valence-electron chi connectivity index (χ4n) is 1.69. The summed E-state index contributed by atoms with van der Waals surface area (Å²) in [6.45, 7) is 2.62. The first-order valence-corrected chi connectivity index (χ1v) is 5.88. The highest BCUT2D eigenvalue weighted by molar-refractivity contribution is 6.00. The molecular weight excluding hydrogens is 246 g/mol. The normalized spacial score (nSPS) is 10.4. The molecule has 2 aromatic rings. The number of hydrogen-bond donors (Lipinski definition) is 1. The van der Waals surface area contributed by atoms with E-state index in [1.165, 1.54) is 0 Å². The van der Waals surface area contributed by atoms with Gasteiger partial charge in [0.05, 0.1) is 12.3 Å². The molecule has 0 fully saturated rings. The van der Waals surface area contributed by atoms with E-state index in [0.29, 0.717) is 30.2 Å². The van der Waals surface area contributed by atoms with E-state index in [1.807, 2.05) is 6.07 Å². The molecule has 100 valence electrons. The van der Waals surface area contributed by atoms with Gasteiger partial charge < -0.3 is 14.6 Å². The van der Waals surface area contributed by atoms with Crippen molar-refractivity contribution in [2.24, 2.45) is 0 Å². The predicted molar refractivity (Wildman–Crippen MR) is 68.7 cm³/mol. The van der Waals surface area contributed by atoms with Crippen LogP contribution in [0.2, 0.25) is 0 Å². The van der Waals surface area contributed by atoms with Crippen molar-refractivity contribution in [1.82, 2.24) is 15.5 Å². The average molecular weight is 261 g/mol. The molecule has 0 atom stereocenters. The lowest BCUT2D eigenvalue weighted by Gasteiger charge is -2.04. The molecule has 1 amide bonds. The van der Waals surface area contributed by atoms with Crippen LogP contribution in [0.25, 0.3) is 11.3 Å². The molecule has 0 aliphatic heterocycles. The molecule has 0 spiro atoms. The van der Waals surface area contributed by atoms with Crippen molar-refractivity contribution in [1.29, 1.82) is 0 Å². The number of nitrogens with zero attached hydrogens (tertiary/aromatic N) is 2. The van der Waals surface area contributed by atoms with Gasteiger partial charge in [-0.15, -0.1) is 0 Å². The molecule has 2 aromatic heterocycles.